The van der Waals surface area contributed by atoms with Crippen LogP contribution in [0.15, 0.2) is 54.2 Å². The third-order valence-corrected chi connectivity index (χ3v) is 7.96. The van der Waals surface area contributed by atoms with Gasteiger partial charge in [-0.2, -0.15) is 13.2 Å². The van der Waals surface area contributed by atoms with Crippen LogP contribution in [0.1, 0.15) is 38.6 Å². The Morgan fingerprint density at radius 1 is 1.20 bits per heavy atom. The average Bonchev–Trinajstić information content (AvgIpc) is 3.55. The minimum atomic E-state index is -4.51. The molecular formula is C30H30ClF3N6O3S. The predicted molar refractivity (Wildman–Crippen MR) is 164 cm³/mol. The molecule has 232 valence electrons. The Balaban J connectivity index is 1.27. The van der Waals surface area contributed by atoms with Crippen LogP contribution >= 0.6 is 22.9 Å². The summed E-state index contributed by atoms with van der Waals surface area (Å²) in [5, 5.41) is 17.6. The molecule has 0 saturated heterocycles. The number of anilines is 3. The number of rotatable bonds is 10. The van der Waals surface area contributed by atoms with E-state index in [0.717, 1.165) is 34.5 Å². The first-order valence-corrected chi connectivity index (χ1v) is 15.0. The second kappa shape index (κ2) is 12.6. The number of carbonyl (C=O) groups is 1. The minimum absolute atomic E-state index is 0.00953. The van der Waals surface area contributed by atoms with Gasteiger partial charge in [0, 0.05) is 42.2 Å². The first-order chi connectivity index (χ1) is 20.8. The third kappa shape index (κ3) is 7.58. The van der Waals surface area contributed by atoms with Crippen LogP contribution in [0.25, 0.3) is 10.6 Å². The number of alkyl halides is 3. The van der Waals surface area contributed by atoms with Gasteiger partial charge in [-0.05, 0) is 51.1 Å². The lowest BCUT2D eigenvalue weighted by molar-refractivity contribution is -0.140. The maximum atomic E-state index is 13.0. The molecule has 2 aromatic carbocycles. The number of thiazole rings is 1. The minimum Gasteiger partial charge on any atom is -0.456 e. The smallest absolute Gasteiger partial charge is 0.434 e. The molecule has 9 nitrogen and oxygen atoms in total. The van der Waals surface area contributed by atoms with Crippen LogP contribution in [-0.2, 0) is 17.4 Å². The summed E-state index contributed by atoms with van der Waals surface area (Å²) in [5.41, 5.74) is 0.839. The molecule has 0 radical (unpaired) electrons. The molecule has 14 heteroatoms. The summed E-state index contributed by atoms with van der Waals surface area (Å²) in [4.78, 5) is 26.9. The number of aliphatic hydroxyl groups is 1. The molecule has 0 aliphatic carbocycles. The Labute approximate surface area is 261 Å². The van der Waals surface area contributed by atoms with Gasteiger partial charge >= 0.3 is 6.18 Å². The number of nitrogens with zero attached hydrogens (tertiary/aromatic N) is 4. The van der Waals surface area contributed by atoms with Crippen molar-refractivity contribution < 1.29 is 27.8 Å². The van der Waals surface area contributed by atoms with Gasteiger partial charge in [-0.15, -0.1) is 11.3 Å². The average molecular weight is 647 g/mol. The Morgan fingerprint density at radius 3 is 2.70 bits per heavy atom. The second-order valence-electron chi connectivity index (χ2n) is 11.0. The Kier molecular flexibility index (Phi) is 9.00. The lowest BCUT2D eigenvalue weighted by Crippen LogP contribution is -2.39. The normalized spacial score (nSPS) is 14.8. The van der Waals surface area contributed by atoms with Crippen molar-refractivity contribution >= 4 is 46.0 Å². The maximum absolute atomic E-state index is 13.0. The van der Waals surface area contributed by atoms with E-state index < -0.39 is 17.5 Å². The Bertz CT molecular complexity index is 1660. The van der Waals surface area contributed by atoms with Crippen molar-refractivity contribution in [2.24, 2.45) is 0 Å². The lowest BCUT2D eigenvalue weighted by Gasteiger charge is -2.26. The maximum Gasteiger partial charge on any atom is 0.434 e. The van der Waals surface area contributed by atoms with Gasteiger partial charge in [0.05, 0.1) is 22.7 Å². The molecule has 1 aliphatic rings. The highest BCUT2D eigenvalue weighted by molar-refractivity contribution is 7.13. The highest BCUT2D eigenvalue weighted by atomic mass is 35.5. The molecule has 0 bridgehead atoms. The molecule has 1 aliphatic heterocycles. The van der Waals surface area contributed by atoms with Crippen molar-refractivity contribution in [3.63, 3.8) is 0 Å². The molecule has 1 unspecified atom stereocenters. The summed E-state index contributed by atoms with van der Waals surface area (Å²) in [6.07, 6.45) is -2.29. The molecule has 3 N–H and O–H groups in total. The van der Waals surface area contributed by atoms with E-state index in [1.165, 1.54) is 6.33 Å². The Morgan fingerprint density at radius 2 is 2.00 bits per heavy atom. The zero-order valence-electron chi connectivity index (χ0n) is 24.1. The largest absolute Gasteiger partial charge is 0.456 e. The second-order valence-corrected chi connectivity index (χ2v) is 12.3. The molecular weight excluding hydrogens is 617 g/mol. The number of fused-ring (bicyclic) bond motifs is 1. The van der Waals surface area contributed by atoms with Crippen LogP contribution in [0.4, 0.5) is 30.4 Å². The van der Waals surface area contributed by atoms with E-state index in [2.05, 4.69) is 37.4 Å². The fourth-order valence-electron chi connectivity index (χ4n) is 4.83. The first-order valence-electron chi connectivity index (χ1n) is 13.7. The summed E-state index contributed by atoms with van der Waals surface area (Å²) >= 11 is 7.47. The fraction of sp³-hybridized carbons (Fsp3) is 0.333. The highest BCUT2D eigenvalue weighted by Gasteiger charge is 2.34. The molecule has 2 aromatic heterocycles. The number of nitrogens with one attached hydrogen (secondary N) is 2. The van der Waals surface area contributed by atoms with Gasteiger partial charge in [0.2, 0.25) is 5.91 Å². The van der Waals surface area contributed by atoms with Crippen LogP contribution in [0, 0.1) is 0 Å². The number of carbonyl (C=O) groups excluding carboxylic acids is 1. The van der Waals surface area contributed by atoms with Crippen LogP contribution in [0.2, 0.25) is 5.02 Å². The van der Waals surface area contributed by atoms with Gasteiger partial charge in [-0.3, -0.25) is 4.79 Å². The van der Waals surface area contributed by atoms with Gasteiger partial charge < -0.3 is 25.4 Å². The van der Waals surface area contributed by atoms with E-state index in [-0.39, 0.29) is 23.4 Å². The number of hydrogen-bond donors (Lipinski definition) is 3. The summed E-state index contributed by atoms with van der Waals surface area (Å²) in [6.45, 7) is 6.17. The number of ether oxygens (including phenoxy) is 1. The SMILES string of the molecule is CC1Cc2ncnc(Nc3ccc(Oc4cccc(-c5nc(C(F)(F)F)cs5)c4)c(Cl)c3)c2N1CCNC(=O)CC(C)(C)O. The van der Waals surface area contributed by atoms with Crippen molar-refractivity contribution in [3.05, 3.63) is 70.6 Å². The molecule has 1 amide bonds. The fourth-order valence-corrected chi connectivity index (χ4v) is 5.87. The van der Waals surface area contributed by atoms with E-state index in [9.17, 15) is 23.1 Å². The van der Waals surface area contributed by atoms with Gasteiger partial charge in [0.1, 0.15) is 28.5 Å². The number of benzene rings is 2. The van der Waals surface area contributed by atoms with Crippen molar-refractivity contribution in [2.75, 3.05) is 23.3 Å². The molecule has 44 heavy (non-hydrogen) atoms. The monoisotopic (exact) mass is 646 g/mol. The summed E-state index contributed by atoms with van der Waals surface area (Å²) in [7, 11) is 0. The molecule has 0 saturated carbocycles. The van der Waals surface area contributed by atoms with Crippen molar-refractivity contribution in [1.82, 2.24) is 20.3 Å². The van der Waals surface area contributed by atoms with E-state index in [1.54, 1.807) is 56.3 Å². The van der Waals surface area contributed by atoms with Gasteiger partial charge in [0.15, 0.2) is 11.5 Å². The molecule has 5 rings (SSSR count). The van der Waals surface area contributed by atoms with Crippen molar-refractivity contribution in [2.45, 2.75) is 51.4 Å². The van der Waals surface area contributed by atoms with Gasteiger partial charge in [-0.1, -0.05) is 23.7 Å². The topological polar surface area (TPSA) is 113 Å². The third-order valence-electron chi connectivity index (χ3n) is 6.77. The van der Waals surface area contributed by atoms with Crippen molar-refractivity contribution in [1.29, 1.82) is 0 Å². The van der Waals surface area contributed by atoms with Crippen LogP contribution in [-0.4, -0.2) is 50.7 Å². The summed E-state index contributed by atoms with van der Waals surface area (Å²) in [5.74, 6) is 1.10. The first kappa shape index (κ1) is 31.5. The van der Waals surface area contributed by atoms with Crippen molar-refractivity contribution in [3.8, 4) is 22.1 Å². The number of aromatic nitrogens is 3. The molecule has 1 atom stereocenters. The van der Waals surface area contributed by atoms with E-state index in [4.69, 9.17) is 16.3 Å². The van der Waals surface area contributed by atoms with Gasteiger partial charge in [-0.25, -0.2) is 15.0 Å². The molecule has 0 fully saturated rings. The zero-order valence-corrected chi connectivity index (χ0v) is 25.6. The lowest BCUT2D eigenvalue weighted by atomic mass is 10.1. The molecule has 4 aromatic rings. The van der Waals surface area contributed by atoms with Crippen LogP contribution in [0.5, 0.6) is 11.5 Å². The van der Waals surface area contributed by atoms with Crippen LogP contribution in [0.3, 0.4) is 0 Å². The molecule has 0 spiro atoms. The number of amides is 1. The van der Waals surface area contributed by atoms with E-state index in [1.807, 2.05) is 0 Å². The van der Waals surface area contributed by atoms with E-state index in [0.29, 0.717) is 46.7 Å². The van der Waals surface area contributed by atoms with Crippen LogP contribution < -0.4 is 20.3 Å². The number of hydrogen-bond acceptors (Lipinski definition) is 9. The Hall–Kier alpha value is -3.94. The predicted octanol–water partition coefficient (Wildman–Crippen LogP) is 6.84. The standard InChI is InChI=1S/C30H30ClF3N6O3S/c1-17-11-22-26(40(17)10-9-35-25(41)14-29(2,3)42)27(37-16-36-22)38-19-7-8-23(21(31)13-19)43-20-6-4-5-18(12-20)28-39-24(15-44-28)30(32,33)34/h4-8,12-13,15-17,42H,9-11,14H2,1-3H3,(H,35,41)(H,36,37,38). The zero-order chi connectivity index (χ0) is 31.6. The highest BCUT2D eigenvalue weighted by Crippen LogP contribution is 2.39. The summed E-state index contributed by atoms with van der Waals surface area (Å²) in [6, 6.07) is 11.9. The quantitative estimate of drug-likeness (QED) is 0.172. The van der Waals surface area contributed by atoms with E-state index >= 15 is 0 Å². The van der Waals surface area contributed by atoms with Gasteiger partial charge in [0.25, 0.3) is 0 Å². The summed E-state index contributed by atoms with van der Waals surface area (Å²) < 4.78 is 44.9. The number of halogens is 4. The molecule has 3 heterocycles.